The molecule has 0 spiro atoms. The Labute approximate surface area is 373 Å². The molecule has 0 amide bonds. The van der Waals surface area contributed by atoms with Crippen molar-refractivity contribution in [1.29, 1.82) is 0 Å². The van der Waals surface area contributed by atoms with Crippen molar-refractivity contribution in [2.75, 3.05) is 0 Å². The number of fused-ring (bicyclic) bond motifs is 8. The van der Waals surface area contributed by atoms with Crippen LogP contribution in [0.1, 0.15) is 0 Å². The van der Waals surface area contributed by atoms with E-state index in [1.165, 1.54) is 25.4 Å². The molecule has 0 aliphatic rings. The summed E-state index contributed by atoms with van der Waals surface area (Å²) in [5, 5.41) is 5.76. The average molecular weight is 920 g/mol. The minimum absolute atomic E-state index is 0.220. The molecule has 4 heterocycles. The van der Waals surface area contributed by atoms with Crippen molar-refractivity contribution in [1.82, 2.24) is 19.5 Å². The van der Waals surface area contributed by atoms with Gasteiger partial charge in [0.15, 0.2) is 5.58 Å². The number of aromatic nitrogens is 4. The third-order valence-corrected chi connectivity index (χ3v) is 13.7. The van der Waals surface area contributed by atoms with Gasteiger partial charge in [-0.3, -0.25) is 0 Å². The maximum atomic E-state index is 6.68. The standard InChI is InChI=1S/C57H36IN4O/c1-2-58-41-30-33-51-46(34-41)44-18-9-11-22-50(44)62(51)42-31-28-38(29-32-42)49-35-48(60-57(61-49)40-16-7-4-8-17-40)37-24-26-39(27-25-37)55-56-54(45-19-10-12-23-52(45)63-56)53-43(20-13-21-47(53)59-55)36-14-5-3-6-15-36/h2-35H,1H2/q-1. The van der Waals surface area contributed by atoms with Gasteiger partial charge < -0.3 is 4.42 Å². The van der Waals surface area contributed by atoms with Crippen LogP contribution in [-0.4, -0.2) is 19.5 Å². The molecule has 0 atom stereocenters. The van der Waals surface area contributed by atoms with Gasteiger partial charge in [-0.15, -0.1) is 0 Å². The first-order valence-corrected chi connectivity index (χ1v) is 23.2. The molecule has 298 valence electrons. The molecule has 0 fully saturated rings. The zero-order valence-electron chi connectivity index (χ0n) is 33.9. The first-order chi connectivity index (χ1) is 31.2. The van der Waals surface area contributed by atoms with E-state index in [-0.39, 0.29) is 21.2 Å². The molecule has 12 aromatic rings. The van der Waals surface area contributed by atoms with Crippen molar-refractivity contribution in [2.45, 2.75) is 0 Å². The summed E-state index contributed by atoms with van der Waals surface area (Å²) in [7, 11) is 0. The summed E-state index contributed by atoms with van der Waals surface area (Å²) in [6, 6.07) is 70.2. The number of halogens is 1. The molecule has 0 saturated carbocycles. The van der Waals surface area contributed by atoms with E-state index in [9.17, 15) is 0 Å². The van der Waals surface area contributed by atoms with E-state index in [0.717, 1.165) is 89.0 Å². The second-order valence-electron chi connectivity index (χ2n) is 15.6. The number of hydrogen-bond donors (Lipinski definition) is 0. The summed E-state index contributed by atoms with van der Waals surface area (Å²) in [6.07, 6.45) is 0. The third kappa shape index (κ3) is 6.41. The summed E-state index contributed by atoms with van der Waals surface area (Å²) < 4.78 is 12.5. The predicted octanol–water partition coefficient (Wildman–Crippen LogP) is 11.8. The van der Waals surface area contributed by atoms with Crippen molar-refractivity contribution < 1.29 is 25.6 Å². The summed E-state index contributed by atoms with van der Waals surface area (Å²) >= 11 is -0.220. The molecule has 0 aliphatic carbocycles. The Bertz CT molecular complexity index is 3710. The van der Waals surface area contributed by atoms with Gasteiger partial charge in [-0.1, -0.05) is 115 Å². The van der Waals surface area contributed by atoms with Crippen molar-refractivity contribution in [2.24, 2.45) is 0 Å². The number of hydrogen-bond acceptors (Lipinski definition) is 4. The Morgan fingerprint density at radius 1 is 0.476 bits per heavy atom. The van der Waals surface area contributed by atoms with Gasteiger partial charge in [0.25, 0.3) is 0 Å². The molecule has 0 radical (unpaired) electrons. The second kappa shape index (κ2) is 15.3. The number of para-hydroxylation sites is 2. The third-order valence-electron chi connectivity index (χ3n) is 11.9. The molecule has 4 aromatic heterocycles. The molecule has 0 bridgehead atoms. The average Bonchev–Trinajstić information content (AvgIpc) is 3.90. The van der Waals surface area contributed by atoms with Gasteiger partial charge in [-0.25, -0.2) is 9.97 Å². The molecule has 0 saturated heterocycles. The number of furan rings is 1. The monoisotopic (exact) mass is 919 g/mol. The number of rotatable bonds is 8. The summed E-state index contributed by atoms with van der Waals surface area (Å²) in [6.45, 7) is 4.01. The Balaban J connectivity index is 0.958. The molecule has 12 rings (SSSR count). The number of nitrogens with zero attached hydrogens (tertiary/aromatic N) is 4. The van der Waals surface area contributed by atoms with Crippen molar-refractivity contribution >= 4 is 54.6 Å². The van der Waals surface area contributed by atoms with Crippen LogP contribution in [0.5, 0.6) is 0 Å². The van der Waals surface area contributed by atoms with E-state index < -0.39 is 0 Å². The van der Waals surface area contributed by atoms with Crippen LogP contribution in [0.4, 0.5) is 0 Å². The van der Waals surface area contributed by atoms with E-state index >= 15 is 0 Å². The van der Waals surface area contributed by atoms with Gasteiger partial charge >= 0.3 is 168 Å². The maximum absolute atomic E-state index is 6.68. The quantitative estimate of drug-likeness (QED) is 0.143. The Morgan fingerprint density at radius 2 is 1.11 bits per heavy atom. The topological polar surface area (TPSA) is 56.7 Å². The van der Waals surface area contributed by atoms with Crippen molar-refractivity contribution in [3.05, 3.63) is 214 Å². The van der Waals surface area contributed by atoms with Crippen LogP contribution < -0.4 is 21.2 Å². The SMILES string of the molecule is C=C[I-]c1ccc2c(c1)c1ccccc1n2-c1ccc(-c2cc(-c3ccc(-c4nc5cccc(-c6ccccc6)c5c5c4oc4ccccc45)cc3)nc(-c3ccccc3)n2)cc1. The van der Waals surface area contributed by atoms with E-state index in [0.29, 0.717) is 5.82 Å². The van der Waals surface area contributed by atoms with Gasteiger partial charge in [0.1, 0.15) is 11.3 Å². The van der Waals surface area contributed by atoms with E-state index in [4.69, 9.17) is 19.4 Å². The van der Waals surface area contributed by atoms with E-state index in [2.05, 4.69) is 179 Å². The van der Waals surface area contributed by atoms with Gasteiger partial charge in [-0.05, 0) is 23.3 Å². The Kier molecular flexibility index (Phi) is 9.04. The molecule has 8 aromatic carbocycles. The predicted molar refractivity (Wildman–Crippen MR) is 255 cm³/mol. The molecule has 63 heavy (non-hydrogen) atoms. The van der Waals surface area contributed by atoms with Crippen LogP contribution in [-0.2, 0) is 0 Å². The molecule has 0 N–H and O–H groups in total. The summed E-state index contributed by atoms with van der Waals surface area (Å²) in [4.78, 5) is 15.6. The van der Waals surface area contributed by atoms with Crippen LogP contribution in [0.15, 0.2) is 215 Å². The summed E-state index contributed by atoms with van der Waals surface area (Å²) in [5.74, 6) is 0.672. The zero-order valence-corrected chi connectivity index (χ0v) is 36.1. The first-order valence-electron chi connectivity index (χ1n) is 20.9. The van der Waals surface area contributed by atoms with Crippen LogP contribution in [0, 0.1) is 3.57 Å². The van der Waals surface area contributed by atoms with Gasteiger partial charge in [-0.2, -0.15) is 0 Å². The molecule has 0 unspecified atom stereocenters. The first kappa shape index (κ1) is 37.1. The second-order valence-corrected chi connectivity index (χ2v) is 18.3. The Morgan fingerprint density at radius 3 is 1.86 bits per heavy atom. The number of benzene rings is 8. The van der Waals surface area contributed by atoms with Gasteiger partial charge in [0.2, 0.25) is 0 Å². The van der Waals surface area contributed by atoms with Crippen molar-refractivity contribution in [3.8, 4) is 62.0 Å². The summed E-state index contributed by atoms with van der Waals surface area (Å²) in [5.41, 5.74) is 14.7. The van der Waals surface area contributed by atoms with Gasteiger partial charge in [0, 0.05) is 32.8 Å². The Hall–Kier alpha value is -7.68. The van der Waals surface area contributed by atoms with Crippen LogP contribution >= 0.6 is 0 Å². The van der Waals surface area contributed by atoms with Crippen LogP contribution in [0.2, 0.25) is 0 Å². The van der Waals surface area contributed by atoms with E-state index in [1.807, 2.05) is 36.4 Å². The van der Waals surface area contributed by atoms with Crippen LogP contribution in [0.25, 0.3) is 117 Å². The normalized spacial score (nSPS) is 11.7. The molecule has 5 nitrogen and oxygen atoms in total. The van der Waals surface area contributed by atoms with E-state index in [1.54, 1.807) is 0 Å². The molecular weight excluding hydrogens is 884 g/mol. The molecule has 0 aliphatic heterocycles. The van der Waals surface area contributed by atoms with Gasteiger partial charge in [0.05, 0.1) is 5.52 Å². The zero-order chi connectivity index (χ0) is 41.9. The molecular formula is C57H36IN4O-. The fourth-order valence-electron chi connectivity index (χ4n) is 9.00. The fraction of sp³-hybridized carbons (Fsp3) is 0. The number of pyridine rings is 1. The molecule has 6 heteroatoms. The minimum atomic E-state index is -0.220. The van der Waals surface area contributed by atoms with Crippen LogP contribution in [0.3, 0.4) is 0 Å². The fourth-order valence-corrected chi connectivity index (χ4v) is 10.4. The van der Waals surface area contributed by atoms with Crippen molar-refractivity contribution in [3.63, 3.8) is 0 Å².